The summed E-state index contributed by atoms with van der Waals surface area (Å²) >= 11 is 2.51. The molecular formula is C11H14N6O2S2. The molecule has 0 bridgehead atoms. The predicted molar refractivity (Wildman–Crippen MR) is 81.0 cm³/mol. The van der Waals surface area contributed by atoms with Crippen LogP contribution in [0.4, 0.5) is 11.6 Å². The molecule has 0 saturated heterocycles. The van der Waals surface area contributed by atoms with Gasteiger partial charge in [0.15, 0.2) is 9.37 Å². The summed E-state index contributed by atoms with van der Waals surface area (Å²) < 4.78 is 0.621. The monoisotopic (exact) mass is 326 g/mol. The lowest BCUT2D eigenvalue weighted by atomic mass is 10.4. The van der Waals surface area contributed by atoms with E-state index in [1.807, 2.05) is 13.8 Å². The molecule has 0 aliphatic carbocycles. The summed E-state index contributed by atoms with van der Waals surface area (Å²) in [6, 6.07) is 0. The van der Waals surface area contributed by atoms with Crippen molar-refractivity contribution in [1.29, 1.82) is 0 Å². The molecule has 0 saturated carbocycles. The summed E-state index contributed by atoms with van der Waals surface area (Å²) in [5, 5.41) is 23.2. The van der Waals surface area contributed by atoms with Gasteiger partial charge in [0.05, 0.1) is 4.92 Å². The number of nitrogens with zero attached hydrogens (tertiary/aromatic N) is 5. The zero-order valence-electron chi connectivity index (χ0n) is 11.8. The van der Waals surface area contributed by atoms with Crippen LogP contribution in [-0.2, 0) is 0 Å². The highest BCUT2D eigenvalue weighted by atomic mass is 32.2. The Hall–Kier alpha value is -1.81. The Bertz CT molecular complexity index is 660. The molecule has 0 fully saturated rings. The minimum atomic E-state index is -0.463. The van der Waals surface area contributed by atoms with Crippen LogP contribution in [-0.4, -0.2) is 31.6 Å². The maximum Gasteiger partial charge on any atom is 0.322 e. The molecule has 21 heavy (non-hydrogen) atoms. The van der Waals surface area contributed by atoms with Gasteiger partial charge in [0.1, 0.15) is 10.7 Å². The van der Waals surface area contributed by atoms with Crippen LogP contribution < -0.4 is 5.32 Å². The molecule has 10 heteroatoms. The molecule has 8 nitrogen and oxygen atoms in total. The minimum Gasteiger partial charge on any atom is -0.354 e. The number of nitrogens with one attached hydrogen (secondary N) is 1. The summed E-state index contributed by atoms with van der Waals surface area (Å²) in [5.41, 5.74) is 0.243. The normalized spacial score (nSPS) is 10.6. The molecule has 1 N–H and O–H groups in total. The molecule has 2 heterocycles. The highest BCUT2D eigenvalue weighted by Crippen LogP contribution is 2.36. The summed E-state index contributed by atoms with van der Waals surface area (Å²) in [4.78, 5) is 19.1. The van der Waals surface area contributed by atoms with Gasteiger partial charge < -0.3 is 5.32 Å². The number of hydrogen-bond acceptors (Lipinski definition) is 9. The Labute approximate surface area is 129 Å². The van der Waals surface area contributed by atoms with Crippen LogP contribution in [0.25, 0.3) is 0 Å². The largest absolute Gasteiger partial charge is 0.354 e. The van der Waals surface area contributed by atoms with Crippen LogP contribution in [0.3, 0.4) is 0 Å². The second-order valence-corrected chi connectivity index (χ2v) is 6.58. The van der Waals surface area contributed by atoms with Gasteiger partial charge in [-0.05, 0) is 32.0 Å². The van der Waals surface area contributed by atoms with Crippen LogP contribution in [0.1, 0.15) is 24.0 Å². The third kappa shape index (κ3) is 3.85. The fraction of sp³-hybridized carbons (Fsp3) is 0.455. The number of nitro groups is 1. The van der Waals surface area contributed by atoms with Gasteiger partial charge >= 0.3 is 5.69 Å². The average molecular weight is 326 g/mol. The van der Waals surface area contributed by atoms with Gasteiger partial charge in [-0.2, -0.15) is 4.98 Å². The van der Waals surface area contributed by atoms with Gasteiger partial charge in [0.25, 0.3) is 0 Å². The van der Waals surface area contributed by atoms with Crippen LogP contribution in [0.5, 0.6) is 0 Å². The van der Waals surface area contributed by atoms with E-state index in [0.717, 1.165) is 23.2 Å². The molecule has 2 aromatic rings. The van der Waals surface area contributed by atoms with E-state index in [4.69, 9.17) is 0 Å². The number of aromatic nitrogens is 4. The van der Waals surface area contributed by atoms with Crippen molar-refractivity contribution >= 4 is 34.7 Å². The van der Waals surface area contributed by atoms with Crippen molar-refractivity contribution in [1.82, 2.24) is 20.2 Å². The fourth-order valence-corrected chi connectivity index (χ4v) is 3.42. The third-order valence-corrected chi connectivity index (χ3v) is 4.30. The van der Waals surface area contributed by atoms with Gasteiger partial charge in [-0.1, -0.05) is 18.3 Å². The first kappa shape index (κ1) is 15.6. The summed E-state index contributed by atoms with van der Waals surface area (Å²) in [6.45, 7) is 6.16. The minimum absolute atomic E-state index is 0.0881. The highest BCUT2D eigenvalue weighted by Gasteiger charge is 2.24. The van der Waals surface area contributed by atoms with Crippen molar-refractivity contribution in [2.75, 3.05) is 11.9 Å². The molecule has 0 aliphatic rings. The van der Waals surface area contributed by atoms with E-state index in [1.165, 1.54) is 11.3 Å². The molecule has 0 spiro atoms. The van der Waals surface area contributed by atoms with E-state index in [9.17, 15) is 10.1 Å². The Balaban J connectivity index is 2.39. The Morgan fingerprint density at radius 1 is 1.33 bits per heavy atom. The SMILES string of the molecule is CCCNc1nc(C)c([N+](=O)[O-])c(Sc2nnc(C)s2)n1. The van der Waals surface area contributed by atoms with Crippen molar-refractivity contribution in [3.8, 4) is 0 Å². The van der Waals surface area contributed by atoms with Gasteiger partial charge in [-0.25, -0.2) is 4.98 Å². The van der Waals surface area contributed by atoms with Crippen molar-refractivity contribution in [2.24, 2.45) is 0 Å². The first-order valence-electron chi connectivity index (χ1n) is 6.26. The van der Waals surface area contributed by atoms with E-state index in [1.54, 1.807) is 6.92 Å². The molecule has 0 aliphatic heterocycles. The molecule has 0 radical (unpaired) electrons. The van der Waals surface area contributed by atoms with Gasteiger partial charge in [-0.3, -0.25) is 10.1 Å². The molecule has 0 aromatic carbocycles. The first-order chi connectivity index (χ1) is 10.0. The number of anilines is 1. The Kier molecular flexibility index (Phi) is 5.02. The predicted octanol–water partition coefficient (Wildman–Crippen LogP) is 2.83. The fourth-order valence-electron chi connectivity index (χ4n) is 1.54. The highest BCUT2D eigenvalue weighted by molar-refractivity contribution is 8.01. The van der Waals surface area contributed by atoms with Crippen LogP contribution in [0, 0.1) is 24.0 Å². The average Bonchev–Trinajstić information content (AvgIpc) is 2.80. The first-order valence-corrected chi connectivity index (χ1v) is 7.89. The second kappa shape index (κ2) is 6.76. The van der Waals surface area contributed by atoms with Crippen LogP contribution in [0.2, 0.25) is 0 Å². The summed E-state index contributed by atoms with van der Waals surface area (Å²) in [5.74, 6) is 0.392. The molecule has 0 atom stereocenters. The maximum atomic E-state index is 11.2. The van der Waals surface area contributed by atoms with Crippen molar-refractivity contribution in [3.05, 3.63) is 20.8 Å². The van der Waals surface area contributed by atoms with E-state index in [-0.39, 0.29) is 10.7 Å². The second-order valence-electron chi connectivity index (χ2n) is 4.16. The number of rotatable bonds is 6. The van der Waals surface area contributed by atoms with Crippen LogP contribution >= 0.6 is 23.1 Å². The molecule has 2 aromatic heterocycles. The molecular weight excluding hydrogens is 312 g/mol. The van der Waals surface area contributed by atoms with Crippen LogP contribution in [0.15, 0.2) is 9.37 Å². The van der Waals surface area contributed by atoms with Gasteiger partial charge in [0.2, 0.25) is 5.95 Å². The molecule has 0 amide bonds. The standard InChI is InChI=1S/C11H14N6O2S2/c1-4-5-12-10-13-6(2)8(17(18)19)9(14-10)21-11-16-15-7(3)20-11/h4-5H2,1-3H3,(H,12,13,14). The van der Waals surface area contributed by atoms with Gasteiger partial charge in [-0.15, -0.1) is 10.2 Å². The lowest BCUT2D eigenvalue weighted by Gasteiger charge is -2.07. The van der Waals surface area contributed by atoms with Crippen molar-refractivity contribution < 1.29 is 4.92 Å². The summed E-state index contributed by atoms with van der Waals surface area (Å²) in [6.07, 6.45) is 0.914. The number of aryl methyl sites for hydroxylation is 2. The van der Waals surface area contributed by atoms with E-state index < -0.39 is 4.92 Å². The number of hydrogen-bond donors (Lipinski definition) is 1. The topological polar surface area (TPSA) is 107 Å². The van der Waals surface area contributed by atoms with E-state index in [0.29, 0.717) is 22.5 Å². The Morgan fingerprint density at radius 3 is 2.67 bits per heavy atom. The Morgan fingerprint density at radius 2 is 2.10 bits per heavy atom. The van der Waals surface area contributed by atoms with Gasteiger partial charge in [0, 0.05) is 6.54 Å². The zero-order chi connectivity index (χ0) is 15.4. The van der Waals surface area contributed by atoms with Crippen molar-refractivity contribution in [2.45, 2.75) is 36.6 Å². The maximum absolute atomic E-state index is 11.2. The van der Waals surface area contributed by atoms with E-state index in [2.05, 4.69) is 25.5 Å². The third-order valence-electron chi connectivity index (χ3n) is 2.43. The zero-order valence-corrected chi connectivity index (χ0v) is 13.4. The smallest absolute Gasteiger partial charge is 0.322 e. The van der Waals surface area contributed by atoms with Crippen molar-refractivity contribution in [3.63, 3.8) is 0 Å². The molecule has 0 unspecified atom stereocenters. The lowest BCUT2D eigenvalue weighted by molar-refractivity contribution is -0.389. The summed E-state index contributed by atoms with van der Waals surface area (Å²) in [7, 11) is 0. The lowest BCUT2D eigenvalue weighted by Crippen LogP contribution is -2.08. The molecule has 112 valence electrons. The molecule has 2 rings (SSSR count). The van der Waals surface area contributed by atoms with E-state index >= 15 is 0 Å². The quantitative estimate of drug-likeness (QED) is 0.490.